The molecule has 16 heavy (non-hydrogen) atoms. The second kappa shape index (κ2) is 5.32. The van der Waals surface area contributed by atoms with E-state index in [9.17, 15) is 9.59 Å². The smallest absolute Gasteiger partial charge is 0.305 e. The molecule has 1 saturated carbocycles. The van der Waals surface area contributed by atoms with E-state index in [2.05, 4.69) is 6.92 Å². The second-order valence-corrected chi connectivity index (χ2v) is 4.75. The first kappa shape index (κ1) is 13.0. The highest BCUT2D eigenvalue weighted by molar-refractivity contribution is 5.83. The first-order valence-electron chi connectivity index (χ1n) is 5.99. The van der Waals surface area contributed by atoms with E-state index < -0.39 is 5.97 Å². The van der Waals surface area contributed by atoms with Crippen LogP contribution in [0.2, 0.25) is 0 Å². The van der Waals surface area contributed by atoms with Crippen molar-refractivity contribution >= 4 is 11.9 Å². The van der Waals surface area contributed by atoms with Gasteiger partial charge in [-0.25, -0.2) is 0 Å². The van der Waals surface area contributed by atoms with Crippen LogP contribution in [0.3, 0.4) is 0 Å². The maximum Gasteiger partial charge on any atom is 0.305 e. The van der Waals surface area contributed by atoms with Gasteiger partial charge in [-0.2, -0.15) is 0 Å². The van der Waals surface area contributed by atoms with Crippen molar-refractivity contribution in [1.29, 1.82) is 0 Å². The average Bonchev–Trinajstić information content (AvgIpc) is 2.18. The summed E-state index contributed by atoms with van der Waals surface area (Å²) in [5.41, 5.74) is -0.165. The third-order valence-electron chi connectivity index (χ3n) is 3.50. The Kier molecular flexibility index (Phi) is 4.33. The molecule has 4 heteroatoms. The number of nitrogens with zero attached hydrogens (tertiary/aromatic N) is 1. The highest BCUT2D eigenvalue weighted by atomic mass is 16.4. The monoisotopic (exact) mass is 227 g/mol. The highest BCUT2D eigenvalue weighted by Crippen LogP contribution is 2.46. The molecule has 0 spiro atoms. The van der Waals surface area contributed by atoms with Crippen LogP contribution in [0.5, 0.6) is 0 Å². The van der Waals surface area contributed by atoms with E-state index in [0.717, 1.165) is 32.1 Å². The fourth-order valence-electron chi connectivity index (χ4n) is 2.42. The van der Waals surface area contributed by atoms with Gasteiger partial charge in [-0.3, -0.25) is 9.59 Å². The Morgan fingerprint density at radius 1 is 1.38 bits per heavy atom. The fourth-order valence-corrected chi connectivity index (χ4v) is 2.42. The second-order valence-electron chi connectivity index (χ2n) is 4.75. The summed E-state index contributed by atoms with van der Waals surface area (Å²) in [4.78, 5) is 24.2. The maximum atomic E-state index is 12.2. The van der Waals surface area contributed by atoms with Gasteiger partial charge in [0.2, 0.25) is 5.91 Å². The molecule has 1 rings (SSSR count). The van der Waals surface area contributed by atoms with E-state index in [1.165, 1.54) is 0 Å². The standard InChI is InChI=1S/C12H21NO3/c1-3-6-12(7-4-8-12)11(16)13(2)9-5-10(14)15/h3-9H2,1-2H3,(H,14,15). The predicted octanol–water partition coefficient (Wildman–Crippen LogP) is 1.89. The summed E-state index contributed by atoms with van der Waals surface area (Å²) in [6, 6.07) is 0. The SMILES string of the molecule is CCCC1(C(=O)N(C)CCC(=O)O)CCC1. The normalized spacial score (nSPS) is 17.6. The van der Waals surface area contributed by atoms with Gasteiger partial charge in [0.25, 0.3) is 0 Å². The molecule has 0 radical (unpaired) electrons. The van der Waals surface area contributed by atoms with Crippen molar-refractivity contribution in [2.45, 2.75) is 45.4 Å². The molecule has 0 aliphatic heterocycles. The minimum absolute atomic E-state index is 0.0322. The lowest BCUT2D eigenvalue weighted by molar-refractivity contribution is -0.147. The third kappa shape index (κ3) is 2.74. The molecule has 1 N–H and O–H groups in total. The van der Waals surface area contributed by atoms with Crippen LogP contribution in [-0.2, 0) is 9.59 Å². The average molecular weight is 227 g/mol. The largest absolute Gasteiger partial charge is 0.481 e. The van der Waals surface area contributed by atoms with Crippen LogP contribution in [0.25, 0.3) is 0 Å². The van der Waals surface area contributed by atoms with Gasteiger partial charge in [0, 0.05) is 19.0 Å². The van der Waals surface area contributed by atoms with Crippen LogP contribution in [0.15, 0.2) is 0 Å². The van der Waals surface area contributed by atoms with E-state index in [4.69, 9.17) is 5.11 Å². The van der Waals surface area contributed by atoms with E-state index in [-0.39, 0.29) is 17.7 Å². The molecule has 1 fully saturated rings. The third-order valence-corrected chi connectivity index (χ3v) is 3.50. The van der Waals surface area contributed by atoms with Crippen molar-refractivity contribution in [2.75, 3.05) is 13.6 Å². The molecule has 1 aliphatic carbocycles. The lowest BCUT2D eigenvalue weighted by Gasteiger charge is -2.42. The number of rotatable bonds is 6. The Hall–Kier alpha value is -1.06. The van der Waals surface area contributed by atoms with Gasteiger partial charge in [-0.15, -0.1) is 0 Å². The number of amides is 1. The number of aliphatic carboxylic acids is 1. The van der Waals surface area contributed by atoms with Gasteiger partial charge in [0.15, 0.2) is 0 Å². The quantitative estimate of drug-likeness (QED) is 0.753. The summed E-state index contributed by atoms with van der Waals surface area (Å²) in [5.74, 6) is -0.709. The molecular formula is C12H21NO3. The van der Waals surface area contributed by atoms with Crippen molar-refractivity contribution in [3.05, 3.63) is 0 Å². The summed E-state index contributed by atoms with van der Waals surface area (Å²) < 4.78 is 0. The van der Waals surface area contributed by atoms with Crippen LogP contribution in [-0.4, -0.2) is 35.5 Å². The van der Waals surface area contributed by atoms with Gasteiger partial charge < -0.3 is 10.0 Å². The van der Waals surface area contributed by atoms with Gasteiger partial charge >= 0.3 is 5.97 Å². The molecule has 4 nitrogen and oxygen atoms in total. The summed E-state index contributed by atoms with van der Waals surface area (Å²) in [6.45, 7) is 2.41. The van der Waals surface area contributed by atoms with Gasteiger partial charge in [0.05, 0.1) is 6.42 Å². The Balaban J connectivity index is 2.51. The Bertz CT molecular complexity index is 271. The molecule has 1 amide bonds. The molecule has 0 heterocycles. The molecule has 0 unspecified atom stereocenters. The van der Waals surface area contributed by atoms with Crippen LogP contribution in [0.4, 0.5) is 0 Å². The zero-order chi connectivity index (χ0) is 12.2. The Morgan fingerprint density at radius 2 is 2.00 bits per heavy atom. The van der Waals surface area contributed by atoms with E-state index in [1.807, 2.05) is 0 Å². The van der Waals surface area contributed by atoms with Crippen LogP contribution < -0.4 is 0 Å². The van der Waals surface area contributed by atoms with Crippen molar-refractivity contribution in [2.24, 2.45) is 5.41 Å². The Morgan fingerprint density at radius 3 is 2.38 bits per heavy atom. The van der Waals surface area contributed by atoms with E-state index in [0.29, 0.717) is 6.54 Å². The molecule has 0 bridgehead atoms. The minimum Gasteiger partial charge on any atom is -0.481 e. The van der Waals surface area contributed by atoms with Crippen LogP contribution in [0, 0.1) is 5.41 Å². The van der Waals surface area contributed by atoms with Gasteiger partial charge in [-0.1, -0.05) is 19.8 Å². The zero-order valence-electron chi connectivity index (χ0n) is 10.2. The summed E-state index contributed by atoms with van der Waals surface area (Å²) in [6.07, 6.45) is 5.04. The fraction of sp³-hybridized carbons (Fsp3) is 0.833. The summed E-state index contributed by atoms with van der Waals surface area (Å²) >= 11 is 0. The molecule has 0 atom stereocenters. The van der Waals surface area contributed by atoms with Crippen molar-refractivity contribution in [3.63, 3.8) is 0 Å². The maximum absolute atomic E-state index is 12.2. The molecule has 92 valence electrons. The van der Waals surface area contributed by atoms with Gasteiger partial charge in [0.1, 0.15) is 0 Å². The topological polar surface area (TPSA) is 57.6 Å². The molecule has 0 aromatic heterocycles. The minimum atomic E-state index is -0.849. The van der Waals surface area contributed by atoms with Crippen LogP contribution in [0.1, 0.15) is 45.4 Å². The van der Waals surface area contributed by atoms with E-state index >= 15 is 0 Å². The van der Waals surface area contributed by atoms with Crippen molar-refractivity contribution in [3.8, 4) is 0 Å². The first-order chi connectivity index (χ1) is 7.52. The number of hydrogen-bond donors (Lipinski definition) is 1. The van der Waals surface area contributed by atoms with E-state index in [1.54, 1.807) is 11.9 Å². The molecule has 0 saturated heterocycles. The molecular weight excluding hydrogens is 206 g/mol. The molecule has 1 aliphatic rings. The van der Waals surface area contributed by atoms with Crippen molar-refractivity contribution in [1.82, 2.24) is 4.90 Å². The number of carboxylic acids is 1. The zero-order valence-corrected chi connectivity index (χ0v) is 10.2. The van der Waals surface area contributed by atoms with Crippen LogP contribution >= 0.6 is 0 Å². The predicted molar refractivity (Wildman–Crippen MR) is 61.1 cm³/mol. The number of carbonyl (C=O) groups is 2. The highest BCUT2D eigenvalue weighted by Gasteiger charge is 2.44. The number of carboxylic acid groups (broad SMARTS) is 1. The molecule has 0 aromatic rings. The summed E-state index contributed by atoms with van der Waals surface area (Å²) in [7, 11) is 1.71. The Labute approximate surface area is 96.6 Å². The van der Waals surface area contributed by atoms with Crippen molar-refractivity contribution < 1.29 is 14.7 Å². The summed E-state index contributed by atoms with van der Waals surface area (Å²) in [5, 5.41) is 8.58. The first-order valence-corrected chi connectivity index (χ1v) is 5.99. The lowest BCUT2D eigenvalue weighted by atomic mass is 9.65. The lowest BCUT2D eigenvalue weighted by Crippen LogP contribution is -2.46. The molecule has 0 aromatic carbocycles. The number of hydrogen-bond acceptors (Lipinski definition) is 2. The number of carbonyl (C=O) groups excluding carboxylic acids is 1. The van der Waals surface area contributed by atoms with Gasteiger partial charge in [-0.05, 0) is 19.3 Å².